The second-order valence-corrected chi connectivity index (χ2v) is 9.57. The molecule has 0 atom stereocenters. The molecule has 0 bridgehead atoms. The van der Waals surface area contributed by atoms with E-state index in [2.05, 4.69) is 0 Å². The molecule has 36 heavy (non-hydrogen) atoms. The van der Waals surface area contributed by atoms with Gasteiger partial charge in [-0.25, -0.2) is 13.2 Å². The number of nitrogens with zero attached hydrogens (tertiary/aromatic N) is 1. The van der Waals surface area contributed by atoms with E-state index in [0.29, 0.717) is 33.9 Å². The molecule has 0 aliphatic rings. The van der Waals surface area contributed by atoms with Gasteiger partial charge >= 0.3 is 5.97 Å². The Labute approximate surface area is 211 Å². The van der Waals surface area contributed by atoms with Crippen molar-refractivity contribution in [3.63, 3.8) is 0 Å². The quantitative estimate of drug-likeness (QED) is 0.355. The van der Waals surface area contributed by atoms with Crippen molar-refractivity contribution in [2.24, 2.45) is 0 Å². The summed E-state index contributed by atoms with van der Waals surface area (Å²) < 4.78 is 55.3. The number of benzene rings is 3. The van der Waals surface area contributed by atoms with Crippen molar-refractivity contribution in [2.45, 2.75) is 18.0 Å². The van der Waals surface area contributed by atoms with Crippen LogP contribution >= 0.6 is 0 Å². The third kappa shape index (κ3) is 5.89. The van der Waals surface area contributed by atoms with Crippen LogP contribution in [0.1, 0.15) is 21.5 Å². The number of carbonyl (C=O) groups excluding carboxylic acids is 1. The molecule has 10 heteroatoms. The van der Waals surface area contributed by atoms with E-state index < -0.39 is 16.0 Å². The summed E-state index contributed by atoms with van der Waals surface area (Å²) in [5.74, 6) is 1.10. The highest BCUT2D eigenvalue weighted by Gasteiger charge is 2.29. The fraction of sp³-hybridized carbons (Fsp3) is 0.269. The topological polar surface area (TPSA) is 101 Å². The smallest absolute Gasteiger partial charge is 0.337 e. The summed E-state index contributed by atoms with van der Waals surface area (Å²) >= 11 is 0. The van der Waals surface area contributed by atoms with E-state index in [0.717, 1.165) is 0 Å². The van der Waals surface area contributed by atoms with Gasteiger partial charge in [0, 0.05) is 19.2 Å². The van der Waals surface area contributed by atoms with Crippen LogP contribution in [0.2, 0.25) is 0 Å². The lowest BCUT2D eigenvalue weighted by molar-refractivity contribution is 0.0600. The van der Waals surface area contributed by atoms with Gasteiger partial charge in [-0.15, -0.1) is 0 Å². The third-order valence-electron chi connectivity index (χ3n) is 5.53. The summed E-state index contributed by atoms with van der Waals surface area (Å²) in [5, 5.41) is 0. The van der Waals surface area contributed by atoms with E-state index in [4.69, 9.17) is 23.7 Å². The monoisotopic (exact) mass is 515 g/mol. The van der Waals surface area contributed by atoms with Gasteiger partial charge in [0.2, 0.25) is 10.0 Å². The molecule has 0 saturated carbocycles. The van der Waals surface area contributed by atoms with Gasteiger partial charge in [0.1, 0.15) is 16.4 Å². The lowest BCUT2D eigenvalue weighted by Gasteiger charge is -2.24. The molecule has 0 heterocycles. The van der Waals surface area contributed by atoms with Crippen molar-refractivity contribution in [1.82, 2.24) is 4.31 Å². The summed E-state index contributed by atoms with van der Waals surface area (Å²) in [4.78, 5) is 11.8. The van der Waals surface area contributed by atoms with E-state index in [-0.39, 0.29) is 23.7 Å². The van der Waals surface area contributed by atoms with Crippen LogP contribution in [0.25, 0.3) is 0 Å². The van der Waals surface area contributed by atoms with Crippen molar-refractivity contribution in [1.29, 1.82) is 0 Å². The highest BCUT2D eigenvalue weighted by molar-refractivity contribution is 7.89. The Morgan fingerprint density at radius 3 is 1.86 bits per heavy atom. The summed E-state index contributed by atoms with van der Waals surface area (Å²) in [6, 6.07) is 16.4. The molecule has 0 amide bonds. The largest absolute Gasteiger partial charge is 0.497 e. The second-order valence-electron chi connectivity index (χ2n) is 7.67. The molecule has 3 aromatic rings. The fourth-order valence-corrected chi connectivity index (χ4v) is 5.19. The lowest BCUT2D eigenvalue weighted by atomic mass is 10.1. The van der Waals surface area contributed by atoms with Crippen LogP contribution in [0.5, 0.6) is 23.0 Å². The number of hydrogen-bond acceptors (Lipinski definition) is 8. The van der Waals surface area contributed by atoms with Crippen molar-refractivity contribution < 1.29 is 36.9 Å². The van der Waals surface area contributed by atoms with Crippen molar-refractivity contribution >= 4 is 16.0 Å². The molecule has 9 nitrogen and oxygen atoms in total. The predicted octanol–water partition coefficient (Wildman–Crippen LogP) is 3.90. The van der Waals surface area contributed by atoms with E-state index >= 15 is 0 Å². The number of ether oxygens (including phenoxy) is 5. The average molecular weight is 516 g/mol. The SMILES string of the molecule is COC(=O)c1ccc(CN(Cc2ccc(OC)c(OC)c2)S(=O)(=O)c2cc(OC)ccc2OC)cc1. The standard InChI is InChI=1S/C26H29NO8S/c1-31-21-11-13-23(33-3)25(15-21)36(29,30)27(16-18-6-9-20(10-7-18)26(28)35-5)17-19-8-12-22(32-2)24(14-19)34-4/h6-15H,16-17H2,1-5H3. The highest BCUT2D eigenvalue weighted by Crippen LogP contribution is 2.33. The second kappa shape index (κ2) is 11.8. The Morgan fingerprint density at radius 1 is 0.694 bits per heavy atom. The minimum Gasteiger partial charge on any atom is -0.497 e. The minimum absolute atomic E-state index is 0.0263. The Morgan fingerprint density at radius 2 is 1.28 bits per heavy atom. The number of methoxy groups -OCH3 is 5. The molecule has 3 rings (SSSR count). The Balaban J connectivity index is 2.06. The molecule has 0 spiro atoms. The molecule has 0 aliphatic heterocycles. The Bertz CT molecular complexity index is 1310. The molecule has 3 aromatic carbocycles. The van der Waals surface area contributed by atoms with Crippen LogP contribution in [-0.4, -0.2) is 54.2 Å². The van der Waals surface area contributed by atoms with Gasteiger partial charge in [-0.05, 0) is 47.5 Å². The number of carbonyl (C=O) groups is 1. The maximum atomic E-state index is 13.9. The van der Waals surface area contributed by atoms with Crippen LogP contribution in [0.4, 0.5) is 0 Å². The van der Waals surface area contributed by atoms with Crippen LogP contribution in [0, 0.1) is 0 Å². The summed E-state index contributed by atoms with van der Waals surface area (Å²) in [7, 11) is 3.14. The van der Waals surface area contributed by atoms with Gasteiger partial charge in [0.15, 0.2) is 11.5 Å². The van der Waals surface area contributed by atoms with Crippen molar-refractivity contribution in [3.8, 4) is 23.0 Å². The average Bonchev–Trinajstić information content (AvgIpc) is 2.91. The zero-order valence-electron chi connectivity index (χ0n) is 20.8. The number of esters is 1. The normalized spacial score (nSPS) is 11.2. The van der Waals surface area contributed by atoms with E-state index in [1.165, 1.54) is 45.9 Å². The lowest BCUT2D eigenvalue weighted by Crippen LogP contribution is -2.30. The first-order valence-electron chi connectivity index (χ1n) is 10.9. The summed E-state index contributed by atoms with van der Waals surface area (Å²) in [6.07, 6.45) is 0. The molecule has 0 unspecified atom stereocenters. The Hall–Kier alpha value is -3.76. The van der Waals surface area contributed by atoms with E-state index in [1.807, 2.05) is 0 Å². The molecule has 0 N–H and O–H groups in total. The molecule has 0 radical (unpaired) electrons. The van der Waals surface area contributed by atoms with Gasteiger partial charge < -0.3 is 23.7 Å². The zero-order valence-corrected chi connectivity index (χ0v) is 21.6. The van der Waals surface area contributed by atoms with Gasteiger partial charge in [-0.1, -0.05) is 18.2 Å². The van der Waals surface area contributed by atoms with Crippen LogP contribution in [-0.2, 0) is 27.8 Å². The van der Waals surface area contributed by atoms with Gasteiger partial charge in [-0.3, -0.25) is 0 Å². The number of rotatable bonds is 11. The van der Waals surface area contributed by atoms with Crippen LogP contribution in [0.3, 0.4) is 0 Å². The van der Waals surface area contributed by atoms with Gasteiger partial charge in [0.25, 0.3) is 0 Å². The van der Waals surface area contributed by atoms with Gasteiger partial charge in [0.05, 0.1) is 41.1 Å². The maximum absolute atomic E-state index is 13.9. The van der Waals surface area contributed by atoms with Crippen molar-refractivity contribution in [2.75, 3.05) is 35.5 Å². The molecular formula is C26H29NO8S. The molecule has 0 saturated heterocycles. The Kier molecular flexibility index (Phi) is 8.78. The third-order valence-corrected chi connectivity index (χ3v) is 7.34. The molecule has 0 fully saturated rings. The van der Waals surface area contributed by atoms with E-state index in [9.17, 15) is 13.2 Å². The minimum atomic E-state index is -4.07. The first-order chi connectivity index (χ1) is 17.3. The number of hydrogen-bond donors (Lipinski definition) is 0. The molecule has 0 aliphatic carbocycles. The first-order valence-corrected chi connectivity index (χ1v) is 12.3. The number of sulfonamides is 1. The van der Waals surface area contributed by atoms with Crippen LogP contribution < -0.4 is 18.9 Å². The maximum Gasteiger partial charge on any atom is 0.337 e. The summed E-state index contributed by atoms with van der Waals surface area (Å²) in [6.45, 7) is 0.0559. The van der Waals surface area contributed by atoms with E-state index in [1.54, 1.807) is 54.6 Å². The summed E-state index contributed by atoms with van der Waals surface area (Å²) in [5.41, 5.74) is 1.72. The fourth-order valence-electron chi connectivity index (χ4n) is 3.60. The van der Waals surface area contributed by atoms with Crippen LogP contribution in [0.15, 0.2) is 65.6 Å². The molecule has 0 aromatic heterocycles. The first kappa shape index (κ1) is 26.8. The zero-order chi connectivity index (χ0) is 26.3. The van der Waals surface area contributed by atoms with Gasteiger partial charge in [-0.2, -0.15) is 4.31 Å². The highest BCUT2D eigenvalue weighted by atomic mass is 32.2. The van der Waals surface area contributed by atoms with Crippen molar-refractivity contribution in [3.05, 3.63) is 77.4 Å². The molecule has 192 valence electrons. The molecular weight excluding hydrogens is 486 g/mol. The predicted molar refractivity (Wildman–Crippen MR) is 133 cm³/mol.